The number of halogens is 1. The van der Waals surface area contributed by atoms with Gasteiger partial charge in [-0.2, -0.15) is 0 Å². The molecule has 0 aliphatic heterocycles. The second kappa shape index (κ2) is 4.03. The van der Waals surface area contributed by atoms with E-state index in [1.165, 1.54) is 23.3 Å². The van der Waals surface area contributed by atoms with Crippen molar-refractivity contribution in [1.29, 1.82) is 0 Å². The average molecular weight is 216 g/mol. The second-order valence-corrected chi connectivity index (χ2v) is 3.86. The predicted octanol–water partition coefficient (Wildman–Crippen LogP) is -0.998. The van der Waals surface area contributed by atoms with Gasteiger partial charge in [0.1, 0.15) is 0 Å². The summed E-state index contributed by atoms with van der Waals surface area (Å²) in [6.07, 6.45) is 0. The molecule has 0 unspecified atom stereocenters. The Hall–Kier alpha value is 1.10. The third-order valence-electron chi connectivity index (χ3n) is 0.750. The number of hydrogen-bond donors (Lipinski definition) is 0. The average Bonchev–Trinajstić information content (AvgIpc) is 1.35. The van der Waals surface area contributed by atoms with E-state index >= 15 is 0 Å². The zero-order chi connectivity index (χ0) is 5.21. The first-order valence-electron chi connectivity index (χ1n) is 2.35. The summed E-state index contributed by atoms with van der Waals surface area (Å²) in [5, 5.41) is 1.40. The van der Waals surface area contributed by atoms with E-state index < -0.39 is 0 Å². The minimum Gasteiger partial charge on any atom is -1.00 e. The smallest absolute Gasteiger partial charge is 1.00 e. The summed E-state index contributed by atoms with van der Waals surface area (Å²) in [7, 11) is 0. The fourth-order valence-electron chi connectivity index (χ4n) is 0. The molecule has 0 spiro atoms. The molecule has 0 aliphatic rings. The van der Waals surface area contributed by atoms with E-state index in [9.17, 15) is 0 Å². The van der Waals surface area contributed by atoms with Crippen molar-refractivity contribution in [3.63, 3.8) is 0 Å². The number of rotatable bonds is 0. The molecule has 0 saturated heterocycles. The molecule has 0 aromatic rings. The molecular weight excluding hydrogens is 205 g/mol. The topological polar surface area (TPSA) is 0 Å². The summed E-state index contributed by atoms with van der Waals surface area (Å²) in [5.41, 5.74) is 0.597. The molecule has 0 aromatic heterocycles. The van der Waals surface area contributed by atoms with Gasteiger partial charge in [-0.15, -0.1) is 0 Å². The van der Waals surface area contributed by atoms with Crippen molar-refractivity contribution in [2.75, 3.05) is 0 Å². The van der Waals surface area contributed by atoms with Gasteiger partial charge in [-0.1, -0.05) is 0 Å². The Kier molecular flexibility index (Phi) is 6.32. The quantitative estimate of drug-likeness (QED) is 0.456. The zero-order valence-electron chi connectivity index (χ0n) is 5.29. The standard InChI is InChI=1S/C5H11.BrH.Zn/c1-5(2,3)4;;/h1H2,2-4H3;1H;/q;;+1/p-1. The molecule has 0 saturated carbocycles. The first kappa shape index (κ1) is 11.0. The van der Waals surface area contributed by atoms with Crippen molar-refractivity contribution in [3.8, 4) is 0 Å². The van der Waals surface area contributed by atoms with Gasteiger partial charge in [0.15, 0.2) is 0 Å². The van der Waals surface area contributed by atoms with Gasteiger partial charge in [-0.05, 0) is 0 Å². The van der Waals surface area contributed by atoms with Crippen molar-refractivity contribution in [3.05, 3.63) is 0 Å². The third kappa shape index (κ3) is 11.0. The summed E-state index contributed by atoms with van der Waals surface area (Å²) < 4.78 is 0. The zero-order valence-corrected chi connectivity index (χ0v) is 9.85. The van der Waals surface area contributed by atoms with Crippen LogP contribution in [0.5, 0.6) is 0 Å². The fourth-order valence-corrected chi connectivity index (χ4v) is 0. The van der Waals surface area contributed by atoms with Crippen molar-refractivity contribution in [2.45, 2.75) is 25.8 Å². The minimum absolute atomic E-state index is 0. The van der Waals surface area contributed by atoms with Crippen LogP contribution in [0.25, 0.3) is 0 Å². The van der Waals surface area contributed by atoms with E-state index in [2.05, 4.69) is 20.8 Å². The van der Waals surface area contributed by atoms with Gasteiger partial charge in [0.05, 0.1) is 0 Å². The molecule has 0 rings (SSSR count). The van der Waals surface area contributed by atoms with Gasteiger partial charge in [0.25, 0.3) is 0 Å². The van der Waals surface area contributed by atoms with Gasteiger partial charge < -0.3 is 17.0 Å². The molecular formula is C5H11BrZn. The summed E-state index contributed by atoms with van der Waals surface area (Å²) in [6, 6.07) is 0. The first-order chi connectivity index (χ1) is 2.56. The number of hydrogen-bond acceptors (Lipinski definition) is 0. The van der Waals surface area contributed by atoms with E-state index in [0.717, 1.165) is 0 Å². The van der Waals surface area contributed by atoms with Gasteiger partial charge in [-0.25, -0.2) is 0 Å². The summed E-state index contributed by atoms with van der Waals surface area (Å²) >= 11 is 1.43. The fraction of sp³-hybridized carbons (Fsp3) is 1.00. The molecule has 0 nitrogen and oxygen atoms in total. The maximum Gasteiger partial charge on any atom is -1.00 e. The maximum absolute atomic E-state index is 2.27. The maximum atomic E-state index is 2.27. The second-order valence-electron chi connectivity index (χ2n) is 2.81. The molecule has 0 radical (unpaired) electrons. The van der Waals surface area contributed by atoms with Crippen molar-refractivity contribution in [1.82, 2.24) is 0 Å². The van der Waals surface area contributed by atoms with Crippen LogP contribution in [0.15, 0.2) is 0 Å². The van der Waals surface area contributed by atoms with Gasteiger partial charge >= 0.3 is 49.5 Å². The van der Waals surface area contributed by atoms with Gasteiger partial charge in [-0.3, -0.25) is 0 Å². The largest absolute Gasteiger partial charge is 1.00 e. The van der Waals surface area contributed by atoms with E-state index in [4.69, 9.17) is 0 Å². The Morgan fingerprint density at radius 3 is 1.43 bits per heavy atom. The normalized spacial score (nSPS) is 10.4. The van der Waals surface area contributed by atoms with E-state index in [-0.39, 0.29) is 17.0 Å². The van der Waals surface area contributed by atoms with E-state index in [0.29, 0.717) is 5.41 Å². The molecule has 2 heteroatoms. The van der Waals surface area contributed by atoms with Crippen LogP contribution < -0.4 is 17.0 Å². The van der Waals surface area contributed by atoms with E-state index in [1.54, 1.807) is 0 Å². The van der Waals surface area contributed by atoms with Crippen LogP contribution in [0.3, 0.4) is 0 Å². The van der Waals surface area contributed by atoms with Crippen LogP contribution in [-0.2, 0) is 18.3 Å². The molecule has 0 amide bonds. The molecule has 0 aromatic carbocycles. The summed E-state index contributed by atoms with van der Waals surface area (Å²) in [6.45, 7) is 6.82. The van der Waals surface area contributed by atoms with Crippen molar-refractivity contribution in [2.24, 2.45) is 5.41 Å². The van der Waals surface area contributed by atoms with Crippen LogP contribution in [0, 0.1) is 5.41 Å². The van der Waals surface area contributed by atoms with Gasteiger partial charge in [0, 0.05) is 0 Å². The summed E-state index contributed by atoms with van der Waals surface area (Å²) in [5.74, 6) is 0. The molecule has 7 heavy (non-hydrogen) atoms. The molecule has 0 aliphatic carbocycles. The molecule has 40 valence electrons. The van der Waals surface area contributed by atoms with Crippen LogP contribution in [0.2, 0.25) is 5.02 Å². The van der Waals surface area contributed by atoms with Crippen molar-refractivity contribution >= 4 is 0 Å². The Morgan fingerprint density at radius 1 is 1.29 bits per heavy atom. The van der Waals surface area contributed by atoms with Crippen molar-refractivity contribution < 1.29 is 35.3 Å². The Labute approximate surface area is 66.5 Å². The van der Waals surface area contributed by atoms with Crippen LogP contribution in [-0.4, -0.2) is 0 Å². The molecule has 0 N–H and O–H groups in total. The first-order valence-corrected chi connectivity index (χ1v) is 4.45. The Morgan fingerprint density at radius 2 is 1.43 bits per heavy atom. The Bertz CT molecular complexity index is 37.8. The Balaban J connectivity index is 0. The minimum atomic E-state index is 0. The molecule has 0 fully saturated rings. The molecule has 0 bridgehead atoms. The van der Waals surface area contributed by atoms with E-state index in [1.807, 2.05) is 0 Å². The molecule has 0 atom stereocenters. The third-order valence-corrected chi connectivity index (χ3v) is 3.90. The predicted molar refractivity (Wildman–Crippen MR) is 24.3 cm³/mol. The monoisotopic (exact) mass is 214 g/mol. The molecule has 0 heterocycles. The van der Waals surface area contributed by atoms with Crippen LogP contribution in [0.1, 0.15) is 20.8 Å². The van der Waals surface area contributed by atoms with Gasteiger partial charge in [0.2, 0.25) is 0 Å². The van der Waals surface area contributed by atoms with Crippen LogP contribution in [0.4, 0.5) is 0 Å². The SMILES string of the molecule is CC(C)(C)[CH2][Zn+].[Br-]. The summed E-state index contributed by atoms with van der Waals surface area (Å²) in [4.78, 5) is 0. The van der Waals surface area contributed by atoms with Crippen LogP contribution >= 0.6 is 0 Å².